The Balaban J connectivity index is 1.71. The summed E-state index contributed by atoms with van der Waals surface area (Å²) in [4.78, 5) is 17.7. The summed E-state index contributed by atoms with van der Waals surface area (Å²) in [5, 5.41) is 10.4. The second-order valence-corrected chi connectivity index (χ2v) is 5.40. The van der Waals surface area contributed by atoms with Gasteiger partial charge in [-0.25, -0.2) is 4.98 Å². The number of hydrogen-bond donors (Lipinski definition) is 3. The maximum Gasteiger partial charge on any atom is 0.252 e. The number of rotatable bonds is 6. The van der Waals surface area contributed by atoms with Gasteiger partial charge >= 0.3 is 0 Å². The lowest BCUT2D eigenvalue weighted by atomic mass is 9.94. The van der Waals surface area contributed by atoms with E-state index in [0.29, 0.717) is 38.4 Å². The van der Waals surface area contributed by atoms with Gasteiger partial charge < -0.3 is 9.84 Å². The molecule has 7 nitrogen and oxygen atoms in total. The van der Waals surface area contributed by atoms with Crippen LogP contribution in [0.3, 0.4) is 0 Å². The molecule has 1 aliphatic rings. The molecule has 1 fully saturated rings. The number of amides is 1. The van der Waals surface area contributed by atoms with Gasteiger partial charge in [0, 0.05) is 38.8 Å². The number of nitrogens with one attached hydrogen (secondary N) is 2. The van der Waals surface area contributed by atoms with Crippen LogP contribution in [-0.4, -0.2) is 59.8 Å². The lowest BCUT2D eigenvalue weighted by Crippen LogP contribution is -2.48. The Kier molecular flexibility index (Phi) is 5.49. The van der Waals surface area contributed by atoms with Gasteiger partial charge in [-0.05, 0) is 19.2 Å². The van der Waals surface area contributed by atoms with E-state index in [-0.39, 0.29) is 12.5 Å². The Morgan fingerprint density at radius 1 is 1.48 bits per heavy atom. The number of aromatic nitrogens is 1. The highest BCUT2D eigenvalue weighted by Gasteiger charge is 2.31. The van der Waals surface area contributed by atoms with Crippen LogP contribution >= 0.6 is 0 Å². The summed E-state index contributed by atoms with van der Waals surface area (Å²) in [6.07, 6.45) is 2.84. The first-order chi connectivity index (χ1) is 10.1. The lowest BCUT2D eigenvalue weighted by Gasteiger charge is -2.35. The van der Waals surface area contributed by atoms with E-state index in [1.54, 1.807) is 23.2 Å². The molecule has 1 amide bonds. The maximum atomic E-state index is 11.8. The molecule has 1 saturated heterocycles. The quantitative estimate of drug-likeness (QED) is 0.640. The van der Waals surface area contributed by atoms with Gasteiger partial charge in [0.1, 0.15) is 5.82 Å². The van der Waals surface area contributed by atoms with Crippen molar-refractivity contribution < 1.29 is 14.6 Å². The van der Waals surface area contributed by atoms with Crippen molar-refractivity contribution in [3.05, 3.63) is 24.4 Å². The summed E-state index contributed by atoms with van der Waals surface area (Å²) >= 11 is 0. The van der Waals surface area contributed by atoms with Gasteiger partial charge in [-0.15, -0.1) is 0 Å². The van der Waals surface area contributed by atoms with E-state index in [9.17, 15) is 9.90 Å². The van der Waals surface area contributed by atoms with Crippen LogP contribution in [0.15, 0.2) is 24.4 Å². The molecular formula is C14H22N4O3. The number of carbonyl (C=O) groups excluding carboxylic acids is 1. The molecule has 1 aromatic rings. The lowest BCUT2D eigenvalue weighted by molar-refractivity contribution is -0.123. The fourth-order valence-electron chi connectivity index (χ4n) is 2.32. The number of aliphatic hydroxyl groups is 1. The molecule has 3 N–H and O–H groups in total. The number of anilines is 1. The highest BCUT2D eigenvalue weighted by Crippen LogP contribution is 2.20. The summed E-state index contributed by atoms with van der Waals surface area (Å²) in [6, 6.07) is 5.39. The third-order valence-corrected chi connectivity index (χ3v) is 3.40. The van der Waals surface area contributed by atoms with E-state index in [1.807, 2.05) is 13.1 Å². The Hall–Kier alpha value is -1.70. The number of ether oxygens (including phenoxy) is 1. The van der Waals surface area contributed by atoms with Crippen LogP contribution in [-0.2, 0) is 9.53 Å². The minimum Gasteiger partial charge on any atom is -0.388 e. The van der Waals surface area contributed by atoms with Crippen LogP contribution in [0, 0.1) is 0 Å². The monoisotopic (exact) mass is 294 g/mol. The number of hydrazine groups is 1. The molecule has 0 unspecified atom stereocenters. The fraction of sp³-hybridized carbons (Fsp3) is 0.571. The maximum absolute atomic E-state index is 11.8. The van der Waals surface area contributed by atoms with E-state index in [4.69, 9.17) is 4.74 Å². The summed E-state index contributed by atoms with van der Waals surface area (Å²) < 4.78 is 5.24. The Morgan fingerprint density at radius 2 is 2.24 bits per heavy atom. The highest BCUT2D eigenvalue weighted by atomic mass is 16.5. The molecule has 0 bridgehead atoms. The first-order valence-electron chi connectivity index (χ1n) is 7.02. The van der Waals surface area contributed by atoms with E-state index < -0.39 is 5.60 Å². The van der Waals surface area contributed by atoms with E-state index in [2.05, 4.69) is 15.8 Å². The Bertz CT molecular complexity index is 449. The Labute approximate surface area is 124 Å². The topological polar surface area (TPSA) is 86.7 Å². The minimum absolute atomic E-state index is 0.182. The standard InChI is InChI=1S/C14H22N4O3/c1-18(11-14(20)5-8-21-9-6-14)10-13(19)17-16-12-4-2-3-7-15-12/h2-4,7,20H,5-6,8-11H2,1H3,(H,15,16)(H,17,19). The van der Waals surface area contributed by atoms with Crippen molar-refractivity contribution in [2.45, 2.75) is 18.4 Å². The normalized spacial score (nSPS) is 17.5. The van der Waals surface area contributed by atoms with Gasteiger partial charge in [0.25, 0.3) is 5.91 Å². The minimum atomic E-state index is -0.762. The zero-order chi connectivity index (χ0) is 15.1. The molecule has 0 aromatic carbocycles. The van der Waals surface area contributed by atoms with Crippen molar-refractivity contribution >= 4 is 11.7 Å². The van der Waals surface area contributed by atoms with Crippen molar-refractivity contribution in [3.63, 3.8) is 0 Å². The van der Waals surface area contributed by atoms with Crippen molar-refractivity contribution in [1.29, 1.82) is 0 Å². The van der Waals surface area contributed by atoms with Crippen LogP contribution in [0.1, 0.15) is 12.8 Å². The molecule has 0 spiro atoms. The van der Waals surface area contributed by atoms with Crippen molar-refractivity contribution in [1.82, 2.24) is 15.3 Å². The number of carbonyl (C=O) groups is 1. The number of nitrogens with zero attached hydrogens (tertiary/aromatic N) is 2. The molecule has 7 heteroatoms. The van der Waals surface area contributed by atoms with Crippen LogP contribution in [0.4, 0.5) is 5.82 Å². The third kappa shape index (κ3) is 5.30. The molecular weight excluding hydrogens is 272 g/mol. The van der Waals surface area contributed by atoms with Crippen LogP contribution < -0.4 is 10.9 Å². The summed E-state index contributed by atoms with van der Waals surface area (Å²) in [5.74, 6) is 0.398. The average molecular weight is 294 g/mol. The van der Waals surface area contributed by atoms with Crippen LogP contribution in [0.25, 0.3) is 0 Å². The largest absolute Gasteiger partial charge is 0.388 e. The van der Waals surface area contributed by atoms with Gasteiger partial charge in [0.15, 0.2) is 0 Å². The van der Waals surface area contributed by atoms with Gasteiger partial charge in [0.05, 0.1) is 12.1 Å². The summed E-state index contributed by atoms with van der Waals surface area (Å²) in [7, 11) is 1.81. The van der Waals surface area contributed by atoms with E-state index in [1.165, 1.54) is 0 Å². The molecule has 1 aliphatic heterocycles. The molecule has 2 heterocycles. The molecule has 0 radical (unpaired) electrons. The number of hydrogen-bond acceptors (Lipinski definition) is 6. The molecule has 116 valence electrons. The van der Waals surface area contributed by atoms with Gasteiger partial charge in [-0.1, -0.05) is 6.07 Å². The first kappa shape index (κ1) is 15.7. The highest BCUT2D eigenvalue weighted by molar-refractivity contribution is 5.79. The predicted octanol–water partition coefficient (Wildman–Crippen LogP) is -0.00200. The van der Waals surface area contributed by atoms with Crippen LogP contribution in [0.5, 0.6) is 0 Å². The molecule has 1 aromatic heterocycles. The fourth-order valence-corrected chi connectivity index (χ4v) is 2.32. The van der Waals surface area contributed by atoms with Gasteiger partial charge in [-0.2, -0.15) is 0 Å². The van der Waals surface area contributed by atoms with Crippen LogP contribution in [0.2, 0.25) is 0 Å². The number of pyridine rings is 1. The van der Waals surface area contributed by atoms with Crippen molar-refractivity contribution in [2.24, 2.45) is 0 Å². The number of likely N-dealkylation sites (N-methyl/N-ethyl adjacent to an activating group) is 1. The second-order valence-electron chi connectivity index (χ2n) is 5.40. The smallest absolute Gasteiger partial charge is 0.252 e. The van der Waals surface area contributed by atoms with E-state index >= 15 is 0 Å². The SMILES string of the molecule is CN(CC(=O)NNc1ccccn1)CC1(O)CCOCC1. The second kappa shape index (κ2) is 7.35. The van der Waals surface area contributed by atoms with Gasteiger partial charge in [-0.3, -0.25) is 20.5 Å². The molecule has 0 aliphatic carbocycles. The predicted molar refractivity (Wildman–Crippen MR) is 78.5 cm³/mol. The first-order valence-corrected chi connectivity index (χ1v) is 7.02. The zero-order valence-electron chi connectivity index (χ0n) is 12.2. The molecule has 21 heavy (non-hydrogen) atoms. The summed E-state index contributed by atoms with van der Waals surface area (Å²) in [5.41, 5.74) is 4.56. The molecule has 0 saturated carbocycles. The van der Waals surface area contributed by atoms with Crippen molar-refractivity contribution in [2.75, 3.05) is 38.8 Å². The zero-order valence-corrected chi connectivity index (χ0v) is 12.2. The third-order valence-electron chi connectivity index (χ3n) is 3.40. The molecule has 0 atom stereocenters. The summed E-state index contributed by atoms with van der Waals surface area (Å²) in [6.45, 7) is 1.78. The molecule has 2 rings (SSSR count). The van der Waals surface area contributed by atoms with E-state index in [0.717, 1.165) is 0 Å². The Morgan fingerprint density at radius 3 is 2.90 bits per heavy atom. The van der Waals surface area contributed by atoms with Crippen molar-refractivity contribution in [3.8, 4) is 0 Å². The average Bonchev–Trinajstić information content (AvgIpc) is 2.46. The van der Waals surface area contributed by atoms with Gasteiger partial charge in [0.2, 0.25) is 0 Å².